The Hall–Kier alpha value is -1.69. The second-order valence-corrected chi connectivity index (χ2v) is 4.20. The minimum atomic E-state index is -0.941. The van der Waals surface area contributed by atoms with Crippen LogP contribution in [0, 0.1) is 0 Å². The van der Waals surface area contributed by atoms with Gasteiger partial charge in [-0.2, -0.15) is 5.10 Å². The van der Waals surface area contributed by atoms with E-state index in [9.17, 15) is 5.11 Å². The van der Waals surface area contributed by atoms with Crippen LogP contribution in [0.2, 0.25) is 0 Å². The number of nitrogens with zero attached hydrogens (tertiary/aromatic N) is 5. The summed E-state index contributed by atoms with van der Waals surface area (Å²) >= 11 is 0. The fourth-order valence-electron chi connectivity index (χ4n) is 1.33. The molecule has 0 radical (unpaired) electrons. The molecule has 0 atom stereocenters. The van der Waals surface area contributed by atoms with Crippen LogP contribution in [0.1, 0.15) is 19.5 Å². The van der Waals surface area contributed by atoms with Crippen molar-refractivity contribution in [1.29, 1.82) is 0 Å². The molecule has 0 spiro atoms. The van der Waals surface area contributed by atoms with Crippen LogP contribution in [-0.4, -0.2) is 29.9 Å². The molecule has 16 heavy (non-hydrogen) atoms. The SMILES string of the molecule is CC(C)(O)c1cn(CCn2cccn2)nn1. The number of aliphatic hydroxyl groups is 1. The monoisotopic (exact) mass is 221 g/mol. The fourth-order valence-corrected chi connectivity index (χ4v) is 1.33. The van der Waals surface area contributed by atoms with E-state index >= 15 is 0 Å². The Balaban J connectivity index is 1.98. The average molecular weight is 221 g/mol. The lowest BCUT2D eigenvalue weighted by Gasteiger charge is -2.11. The number of hydrogen-bond acceptors (Lipinski definition) is 4. The van der Waals surface area contributed by atoms with Crippen molar-refractivity contribution in [2.45, 2.75) is 32.5 Å². The Morgan fingerprint density at radius 2 is 2.06 bits per heavy atom. The third kappa shape index (κ3) is 2.46. The van der Waals surface area contributed by atoms with E-state index in [1.54, 1.807) is 30.9 Å². The molecule has 0 aliphatic rings. The fraction of sp³-hybridized carbons (Fsp3) is 0.500. The first-order chi connectivity index (χ1) is 7.55. The van der Waals surface area contributed by atoms with Gasteiger partial charge in [0.2, 0.25) is 0 Å². The van der Waals surface area contributed by atoms with Crippen molar-refractivity contribution in [2.24, 2.45) is 0 Å². The number of rotatable bonds is 4. The molecule has 2 aromatic heterocycles. The van der Waals surface area contributed by atoms with Crippen molar-refractivity contribution in [3.8, 4) is 0 Å². The molecular weight excluding hydrogens is 206 g/mol. The van der Waals surface area contributed by atoms with Gasteiger partial charge >= 0.3 is 0 Å². The topological polar surface area (TPSA) is 68.8 Å². The van der Waals surface area contributed by atoms with Gasteiger partial charge in [-0.05, 0) is 19.9 Å². The van der Waals surface area contributed by atoms with Gasteiger partial charge in [0.1, 0.15) is 11.3 Å². The van der Waals surface area contributed by atoms with Gasteiger partial charge in [-0.15, -0.1) is 5.10 Å². The van der Waals surface area contributed by atoms with Crippen LogP contribution in [-0.2, 0) is 18.7 Å². The first-order valence-electron chi connectivity index (χ1n) is 5.16. The zero-order chi connectivity index (χ0) is 11.6. The molecule has 6 heteroatoms. The first kappa shape index (κ1) is 10.8. The van der Waals surface area contributed by atoms with Crippen LogP contribution in [0.3, 0.4) is 0 Å². The van der Waals surface area contributed by atoms with Crippen LogP contribution in [0.4, 0.5) is 0 Å². The van der Waals surface area contributed by atoms with Crippen LogP contribution >= 0.6 is 0 Å². The van der Waals surface area contributed by atoms with E-state index < -0.39 is 5.60 Å². The zero-order valence-electron chi connectivity index (χ0n) is 9.41. The van der Waals surface area contributed by atoms with Crippen LogP contribution in [0.15, 0.2) is 24.7 Å². The van der Waals surface area contributed by atoms with Crippen LogP contribution in [0.5, 0.6) is 0 Å². The molecule has 1 N–H and O–H groups in total. The third-order valence-electron chi connectivity index (χ3n) is 2.28. The summed E-state index contributed by atoms with van der Waals surface area (Å²) < 4.78 is 3.53. The smallest absolute Gasteiger partial charge is 0.114 e. The molecule has 0 aliphatic heterocycles. The molecule has 0 saturated heterocycles. The molecule has 2 heterocycles. The van der Waals surface area contributed by atoms with Crippen molar-refractivity contribution in [2.75, 3.05) is 0 Å². The van der Waals surface area contributed by atoms with Gasteiger partial charge in [0, 0.05) is 12.4 Å². The molecule has 0 aliphatic carbocycles. The Morgan fingerprint density at radius 1 is 1.31 bits per heavy atom. The summed E-state index contributed by atoms with van der Waals surface area (Å²) in [5, 5.41) is 21.7. The maximum atomic E-state index is 9.72. The third-order valence-corrected chi connectivity index (χ3v) is 2.28. The average Bonchev–Trinajstić information content (AvgIpc) is 2.85. The lowest BCUT2D eigenvalue weighted by atomic mass is 10.1. The Morgan fingerprint density at radius 3 is 2.62 bits per heavy atom. The Bertz CT molecular complexity index is 440. The minimum Gasteiger partial charge on any atom is -0.384 e. The van der Waals surface area contributed by atoms with Crippen molar-refractivity contribution in [1.82, 2.24) is 24.8 Å². The molecule has 2 rings (SSSR count). The normalized spacial score (nSPS) is 11.9. The maximum Gasteiger partial charge on any atom is 0.114 e. The summed E-state index contributed by atoms with van der Waals surface area (Å²) in [5.41, 5.74) is -0.364. The highest BCUT2D eigenvalue weighted by atomic mass is 16.3. The molecule has 6 nitrogen and oxygen atoms in total. The van der Waals surface area contributed by atoms with E-state index in [-0.39, 0.29) is 0 Å². The largest absolute Gasteiger partial charge is 0.384 e. The summed E-state index contributed by atoms with van der Waals surface area (Å²) in [5.74, 6) is 0. The number of aryl methyl sites for hydroxylation is 2. The number of hydrogen-bond donors (Lipinski definition) is 1. The molecule has 0 bridgehead atoms. The molecular formula is C10H15N5O. The van der Waals surface area contributed by atoms with Gasteiger partial charge in [0.05, 0.1) is 19.3 Å². The lowest BCUT2D eigenvalue weighted by Crippen LogP contribution is -2.16. The summed E-state index contributed by atoms with van der Waals surface area (Å²) in [6.45, 7) is 4.80. The highest BCUT2D eigenvalue weighted by Gasteiger charge is 2.19. The maximum absolute atomic E-state index is 9.72. The van der Waals surface area contributed by atoms with E-state index in [1.165, 1.54) is 0 Å². The van der Waals surface area contributed by atoms with Gasteiger partial charge in [0.25, 0.3) is 0 Å². The highest BCUT2D eigenvalue weighted by Crippen LogP contribution is 2.15. The highest BCUT2D eigenvalue weighted by molar-refractivity contribution is 5.02. The van der Waals surface area contributed by atoms with Crippen LogP contribution < -0.4 is 0 Å². The second-order valence-electron chi connectivity index (χ2n) is 4.20. The van der Waals surface area contributed by atoms with Crippen molar-refractivity contribution in [3.63, 3.8) is 0 Å². The molecule has 0 saturated carbocycles. The molecule has 0 amide bonds. The van der Waals surface area contributed by atoms with Gasteiger partial charge in [-0.1, -0.05) is 5.21 Å². The molecule has 0 unspecified atom stereocenters. The van der Waals surface area contributed by atoms with Crippen molar-refractivity contribution >= 4 is 0 Å². The van der Waals surface area contributed by atoms with E-state index in [0.717, 1.165) is 6.54 Å². The quantitative estimate of drug-likeness (QED) is 0.811. The standard InChI is InChI=1S/C10H15N5O/c1-10(2,16)9-8-15(13-12-9)7-6-14-5-3-4-11-14/h3-5,8,16H,6-7H2,1-2H3. The van der Waals surface area contributed by atoms with Gasteiger partial charge in [-0.25, -0.2) is 0 Å². The van der Waals surface area contributed by atoms with Crippen molar-refractivity contribution in [3.05, 3.63) is 30.4 Å². The summed E-state index contributed by atoms with van der Waals surface area (Å²) in [7, 11) is 0. The van der Waals surface area contributed by atoms with E-state index in [1.807, 2.05) is 16.9 Å². The summed E-state index contributed by atoms with van der Waals surface area (Å²) in [4.78, 5) is 0. The van der Waals surface area contributed by atoms with Crippen molar-refractivity contribution < 1.29 is 5.11 Å². The Labute approximate surface area is 93.5 Å². The van der Waals surface area contributed by atoms with Gasteiger partial charge in [-0.3, -0.25) is 9.36 Å². The molecule has 0 fully saturated rings. The zero-order valence-corrected chi connectivity index (χ0v) is 9.41. The van der Waals surface area contributed by atoms with Gasteiger partial charge < -0.3 is 5.11 Å². The molecule has 0 aromatic carbocycles. The Kier molecular flexibility index (Phi) is 2.74. The molecule has 86 valence electrons. The van der Waals surface area contributed by atoms with Crippen LogP contribution in [0.25, 0.3) is 0 Å². The minimum absolute atomic E-state index is 0.577. The predicted octanol–water partition coefficient (Wildman–Crippen LogP) is 0.402. The lowest BCUT2D eigenvalue weighted by molar-refractivity contribution is 0.0737. The first-order valence-corrected chi connectivity index (χ1v) is 5.16. The summed E-state index contributed by atoms with van der Waals surface area (Å²) in [6, 6.07) is 1.88. The summed E-state index contributed by atoms with van der Waals surface area (Å²) in [6.07, 6.45) is 5.39. The second kappa shape index (κ2) is 4.05. The van der Waals surface area contributed by atoms with Gasteiger partial charge in [0.15, 0.2) is 0 Å². The van der Waals surface area contributed by atoms with E-state index in [2.05, 4.69) is 15.4 Å². The van der Waals surface area contributed by atoms with E-state index in [0.29, 0.717) is 12.2 Å². The van der Waals surface area contributed by atoms with E-state index in [4.69, 9.17) is 0 Å². The number of aromatic nitrogens is 5. The predicted molar refractivity (Wildman–Crippen MR) is 57.5 cm³/mol. The molecule has 2 aromatic rings.